The lowest BCUT2D eigenvalue weighted by Crippen LogP contribution is -1.74. The molecule has 0 spiro atoms. The van der Waals surface area contributed by atoms with Gasteiger partial charge in [-0.3, -0.25) is 0 Å². The van der Waals surface area contributed by atoms with Crippen molar-refractivity contribution in [1.82, 2.24) is 0 Å². The van der Waals surface area contributed by atoms with E-state index in [1.165, 1.54) is 5.57 Å². The Labute approximate surface area is 61.9 Å². The first-order chi connectivity index (χ1) is 4.81. The van der Waals surface area contributed by atoms with Gasteiger partial charge >= 0.3 is 8.69 Å². The maximum absolute atomic E-state index is 8.46. The summed E-state index contributed by atoms with van der Waals surface area (Å²) in [7, 11) is -0.833. The lowest BCUT2D eigenvalue weighted by Gasteiger charge is -1.94. The Kier molecular flexibility index (Phi) is 5.94. The highest BCUT2D eigenvalue weighted by molar-refractivity contribution is 7.16. The SMILES string of the molecule is C=C1C=CC=CC1.O=PO. The summed E-state index contributed by atoms with van der Waals surface area (Å²) in [5, 5.41) is 0. The molecule has 0 bridgehead atoms. The van der Waals surface area contributed by atoms with Crippen molar-refractivity contribution in [2.75, 3.05) is 0 Å². The van der Waals surface area contributed by atoms with Crippen LogP contribution in [0.4, 0.5) is 0 Å². The Hall–Kier alpha value is -0.720. The van der Waals surface area contributed by atoms with Gasteiger partial charge in [0.15, 0.2) is 0 Å². The maximum atomic E-state index is 8.46. The van der Waals surface area contributed by atoms with Crippen molar-refractivity contribution in [3.63, 3.8) is 0 Å². The van der Waals surface area contributed by atoms with Crippen molar-refractivity contribution in [3.05, 3.63) is 36.5 Å². The summed E-state index contributed by atoms with van der Waals surface area (Å²) in [4.78, 5) is 6.99. The van der Waals surface area contributed by atoms with E-state index >= 15 is 0 Å². The van der Waals surface area contributed by atoms with Crippen LogP contribution in [-0.4, -0.2) is 4.89 Å². The van der Waals surface area contributed by atoms with E-state index in [2.05, 4.69) is 12.7 Å². The van der Waals surface area contributed by atoms with E-state index in [0.29, 0.717) is 0 Å². The minimum absolute atomic E-state index is 0.833. The fourth-order valence-corrected chi connectivity index (χ4v) is 0.558. The van der Waals surface area contributed by atoms with E-state index in [9.17, 15) is 0 Å². The Morgan fingerprint density at radius 1 is 1.60 bits per heavy atom. The quantitative estimate of drug-likeness (QED) is 0.546. The van der Waals surface area contributed by atoms with Gasteiger partial charge in [-0.1, -0.05) is 36.5 Å². The van der Waals surface area contributed by atoms with Crippen molar-refractivity contribution in [3.8, 4) is 0 Å². The van der Waals surface area contributed by atoms with Gasteiger partial charge in [0.05, 0.1) is 0 Å². The molecule has 0 amide bonds. The van der Waals surface area contributed by atoms with Crippen LogP contribution in [0.3, 0.4) is 0 Å². The zero-order valence-electron chi connectivity index (χ0n) is 5.53. The molecule has 1 aliphatic rings. The summed E-state index contributed by atoms with van der Waals surface area (Å²) < 4.78 is 8.46. The average Bonchev–Trinajstić information content (AvgIpc) is 1.91. The van der Waals surface area contributed by atoms with Gasteiger partial charge in [-0.15, -0.1) is 0 Å². The van der Waals surface area contributed by atoms with Crippen LogP contribution in [0.5, 0.6) is 0 Å². The molecular weight excluding hydrogens is 147 g/mol. The van der Waals surface area contributed by atoms with Crippen LogP contribution in [0.1, 0.15) is 6.42 Å². The lowest BCUT2D eigenvalue weighted by molar-refractivity contribution is 0.524. The van der Waals surface area contributed by atoms with Gasteiger partial charge in [0.1, 0.15) is 0 Å². The van der Waals surface area contributed by atoms with Gasteiger partial charge in [-0.25, -0.2) is 4.57 Å². The fourth-order valence-electron chi connectivity index (χ4n) is 0.558. The molecule has 0 fully saturated rings. The molecule has 0 aromatic carbocycles. The monoisotopic (exact) mass is 156 g/mol. The third-order valence-electron chi connectivity index (χ3n) is 0.959. The highest BCUT2D eigenvalue weighted by Crippen LogP contribution is 2.05. The molecule has 0 heterocycles. The predicted molar refractivity (Wildman–Crippen MR) is 41.9 cm³/mol. The minimum atomic E-state index is -0.833. The lowest BCUT2D eigenvalue weighted by atomic mass is 10.1. The Bertz CT molecular complexity index is 170. The summed E-state index contributed by atoms with van der Waals surface area (Å²) in [6.07, 6.45) is 9.19. The third-order valence-corrected chi connectivity index (χ3v) is 0.959. The van der Waals surface area contributed by atoms with E-state index in [-0.39, 0.29) is 0 Å². The summed E-state index contributed by atoms with van der Waals surface area (Å²) >= 11 is 0. The van der Waals surface area contributed by atoms with Crippen molar-refractivity contribution in [2.24, 2.45) is 0 Å². The largest absolute Gasteiger partial charge is 0.324 e. The highest BCUT2D eigenvalue weighted by atomic mass is 31.1. The Morgan fingerprint density at radius 3 is 2.40 bits per heavy atom. The van der Waals surface area contributed by atoms with Crippen LogP contribution < -0.4 is 0 Å². The topological polar surface area (TPSA) is 37.3 Å². The van der Waals surface area contributed by atoms with E-state index in [0.717, 1.165) is 6.42 Å². The van der Waals surface area contributed by atoms with Crippen LogP contribution in [-0.2, 0) is 4.57 Å². The standard InChI is InChI=1S/C7H8.HO2P/c1-7-5-3-2-4-6-7;1-3-2/h2-5H,1,6H2;(H,1,2). The molecule has 0 saturated heterocycles. The Balaban J connectivity index is 0.000000236. The summed E-state index contributed by atoms with van der Waals surface area (Å²) in [5.41, 5.74) is 1.20. The molecule has 1 rings (SSSR count). The van der Waals surface area contributed by atoms with Gasteiger partial charge in [-0.2, -0.15) is 0 Å². The first kappa shape index (κ1) is 9.28. The number of allylic oxidation sites excluding steroid dienone is 5. The molecule has 0 aromatic rings. The van der Waals surface area contributed by atoms with Gasteiger partial charge < -0.3 is 4.89 Å². The van der Waals surface area contributed by atoms with E-state index < -0.39 is 8.69 Å². The van der Waals surface area contributed by atoms with Crippen LogP contribution in [0.25, 0.3) is 0 Å². The molecule has 1 aliphatic carbocycles. The van der Waals surface area contributed by atoms with Crippen molar-refractivity contribution >= 4 is 8.69 Å². The van der Waals surface area contributed by atoms with E-state index in [1.807, 2.05) is 18.2 Å². The second-order valence-corrected chi connectivity index (χ2v) is 1.89. The van der Waals surface area contributed by atoms with Crippen molar-refractivity contribution in [1.29, 1.82) is 0 Å². The molecule has 10 heavy (non-hydrogen) atoms. The third kappa shape index (κ3) is 5.42. The van der Waals surface area contributed by atoms with E-state index in [1.54, 1.807) is 0 Å². The number of rotatable bonds is 0. The molecule has 2 nitrogen and oxygen atoms in total. The second kappa shape index (κ2) is 6.40. The van der Waals surface area contributed by atoms with Crippen LogP contribution in [0.15, 0.2) is 36.5 Å². The van der Waals surface area contributed by atoms with Crippen LogP contribution in [0, 0.1) is 0 Å². The van der Waals surface area contributed by atoms with Crippen LogP contribution in [0.2, 0.25) is 0 Å². The number of hydrogen-bond donors (Lipinski definition) is 1. The molecule has 0 aromatic heterocycles. The fraction of sp³-hybridized carbons (Fsp3) is 0.143. The molecule has 1 N–H and O–H groups in total. The summed E-state index contributed by atoms with van der Waals surface area (Å²) in [5.74, 6) is 0. The van der Waals surface area contributed by atoms with Crippen molar-refractivity contribution in [2.45, 2.75) is 6.42 Å². The molecule has 0 radical (unpaired) electrons. The minimum Gasteiger partial charge on any atom is -0.310 e. The average molecular weight is 156 g/mol. The first-order valence-corrected chi connectivity index (χ1v) is 3.55. The molecule has 0 saturated carbocycles. The van der Waals surface area contributed by atoms with E-state index in [4.69, 9.17) is 9.46 Å². The first-order valence-electron chi connectivity index (χ1n) is 2.79. The predicted octanol–water partition coefficient (Wildman–Crippen LogP) is 2.24. The van der Waals surface area contributed by atoms with Gasteiger partial charge in [0.25, 0.3) is 0 Å². The number of hydrogen-bond acceptors (Lipinski definition) is 1. The van der Waals surface area contributed by atoms with Gasteiger partial charge in [-0.05, 0) is 6.42 Å². The molecule has 0 aliphatic heterocycles. The normalized spacial score (nSPS) is 14.7. The highest BCUT2D eigenvalue weighted by Gasteiger charge is 1.84. The molecule has 0 unspecified atom stereocenters. The second-order valence-electron chi connectivity index (χ2n) is 1.73. The smallest absolute Gasteiger partial charge is 0.310 e. The molecule has 3 heteroatoms. The zero-order chi connectivity index (χ0) is 7.82. The maximum Gasteiger partial charge on any atom is 0.324 e. The van der Waals surface area contributed by atoms with Gasteiger partial charge in [0, 0.05) is 0 Å². The van der Waals surface area contributed by atoms with Gasteiger partial charge in [0.2, 0.25) is 0 Å². The Morgan fingerprint density at radius 2 is 2.20 bits per heavy atom. The summed E-state index contributed by atoms with van der Waals surface area (Å²) in [6.45, 7) is 3.78. The van der Waals surface area contributed by atoms with Crippen LogP contribution >= 0.6 is 8.69 Å². The summed E-state index contributed by atoms with van der Waals surface area (Å²) in [6, 6.07) is 0. The molecule has 0 atom stereocenters. The molecular formula is C7H9O2P. The zero-order valence-corrected chi connectivity index (χ0v) is 6.42. The van der Waals surface area contributed by atoms with Crippen molar-refractivity contribution < 1.29 is 9.46 Å². The molecule has 54 valence electrons.